The zero-order chi connectivity index (χ0) is 14.3. The highest BCUT2D eigenvalue weighted by atomic mass is 16.5. The number of methoxy groups -OCH3 is 1. The molecule has 2 heterocycles. The molecule has 2 fully saturated rings. The Hall–Kier alpha value is -1.55. The molecular weight excluding hydrogens is 254 g/mol. The van der Waals surface area contributed by atoms with E-state index in [1.165, 1.54) is 7.11 Å². The molecule has 4 atom stereocenters. The molecular formula is C16H21NO3. The molecule has 0 amide bonds. The minimum Gasteiger partial charge on any atom is -0.508 e. The van der Waals surface area contributed by atoms with Crippen molar-refractivity contribution >= 4 is 5.97 Å². The Morgan fingerprint density at radius 3 is 2.65 bits per heavy atom. The van der Waals surface area contributed by atoms with Crippen LogP contribution in [0, 0.1) is 5.92 Å². The molecule has 2 aliphatic heterocycles. The van der Waals surface area contributed by atoms with Gasteiger partial charge in [-0.1, -0.05) is 12.1 Å². The number of rotatable bonds is 2. The van der Waals surface area contributed by atoms with Crippen molar-refractivity contribution in [3.8, 4) is 5.75 Å². The lowest BCUT2D eigenvalue weighted by Crippen LogP contribution is -2.49. The van der Waals surface area contributed by atoms with Gasteiger partial charge >= 0.3 is 5.97 Å². The van der Waals surface area contributed by atoms with Gasteiger partial charge in [0.1, 0.15) is 5.75 Å². The molecule has 4 nitrogen and oxygen atoms in total. The van der Waals surface area contributed by atoms with Crippen molar-refractivity contribution in [2.75, 3.05) is 14.2 Å². The van der Waals surface area contributed by atoms with Gasteiger partial charge in [-0.15, -0.1) is 0 Å². The summed E-state index contributed by atoms with van der Waals surface area (Å²) in [7, 11) is 3.59. The summed E-state index contributed by atoms with van der Waals surface area (Å²) in [6, 6.07) is 8.09. The van der Waals surface area contributed by atoms with Crippen LogP contribution in [0.25, 0.3) is 0 Å². The predicted molar refractivity (Wildman–Crippen MR) is 75.5 cm³/mol. The van der Waals surface area contributed by atoms with Gasteiger partial charge in [0, 0.05) is 18.0 Å². The zero-order valence-electron chi connectivity index (χ0n) is 12.0. The molecule has 0 aromatic heterocycles. The van der Waals surface area contributed by atoms with Gasteiger partial charge in [-0.05, 0) is 44.0 Å². The number of carbonyl (C=O) groups is 1. The Morgan fingerprint density at radius 1 is 1.30 bits per heavy atom. The molecule has 3 rings (SSSR count). The van der Waals surface area contributed by atoms with Crippen LogP contribution < -0.4 is 0 Å². The summed E-state index contributed by atoms with van der Waals surface area (Å²) in [5, 5.41) is 9.43. The summed E-state index contributed by atoms with van der Waals surface area (Å²) in [4.78, 5) is 14.6. The summed E-state index contributed by atoms with van der Waals surface area (Å²) >= 11 is 0. The Balaban J connectivity index is 1.95. The quantitative estimate of drug-likeness (QED) is 0.840. The third kappa shape index (κ3) is 2.08. The molecule has 4 unspecified atom stereocenters. The van der Waals surface area contributed by atoms with E-state index < -0.39 is 0 Å². The summed E-state index contributed by atoms with van der Waals surface area (Å²) in [6.45, 7) is 0. The maximum atomic E-state index is 12.3. The second kappa shape index (κ2) is 5.09. The molecule has 1 aromatic carbocycles. The SMILES string of the molecule is COC(=O)C1C(c2ccc(O)cc2)CC2CCC1N2C. The number of carbonyl (C=O) groups excluding carboxylic acids is 1. The van der Waals surface area contributed by atoms with E-state index in [0.29, 0.717) is 6.04 Å². The standard InChI is InChI=1S/C16H21NO3/c1-17-11-5-8-14(17)15(16(19)20-2)13(9-11)10-3-6-12(18)7-4-10/h3-4,6-7,11,13-15,18H,5,8-9H2,1-2H3. The smallest absolute Gasteiger partial charge is 0.310 e. The van der Waals surface area contributed by atoms with E-state index in [2.05, 4.69) is 11.9 Å². The van der Waals surface area contributed by atoms with Gasteiger partial charge in [0.15, 0.2) is 0 Å². The van der Waals surface area contributed by atoms with E-state index in [0.717, 1.165) is 24.8 Å². The molecule has 108 valence electrons. The second-order valence-electron chi connectivity index (χ2n) is 5.95. The van der Waals surface area contributed by atoms with Gasteiger partial charge in [-0.3, -0.25) is 9.69 Å². The van der Waals surface area contributed by atoms with Crippen molar-refractivity contribution in [2.45, 2.75) is 37.3 Å². The van der Waals surface area contributed by atoms with Crippen LogP contribution in [0.1, 0.15) is 30.7 Å². The van der Waals surface area contributed by atoms with Crippen LogP contribution in [0.15, 0.2) is 24.3 Å². The average Bonchev–Trinajstić information content (AvgIpc) is 2.70. The van der Waals surface area contributed by atoms with Crippen LogP contribution in [-0.4, -0.2) is 42.2 Å². The molecule has 0 spiro atoms. The Morgan fingerprint density at radius 2 is 2.00 bits per heavy atom. The lowest BCUT2D eigenvalue weighted by atomic mass is 9.76. The zero-order valence-corrected chi connectivity index (χ0v) is 12.0. The van der Waals surface area contributed by atoms with Gasteiger partial charge in [-0.25, -0.2) is 0 Å². The number of nitrogens with zero attached hydrogens (tertiary/aromatic N) is 1. The maximum absolute atomic E-state index is 12.3. The Bertz CT molecular complexity index is 499. The van der Waals surface area contributed by atoms with E-state index in [1.807, 2.05) is 12.1 Å². The molecule has 0 saturated carbocycles. The monoisotopic (exact) mass is 275 g/mol. The van der Waals surface area contributed by atoms with Gasteiger partial charge in [0.2, 0.25) is 0 Å². The van der Waals surface area contributed by atoms with Crippen LogP contribution in [0.3, 0.4) is 0 Å². The minimum absolute atomic E-state index is 0.103. The predicted octanol–water partition coefficient (Wildman–Crippen LogP) is 2.13. The summed E-state index contributed by atoms with van der Waals surface area (Å²) in [5.74, 6) is 0.240. The Labute approximate surface area is 119 Å². The highest BCUT2D eigenvalue weighted by Gasteiger charge is 2.49. The first-order chi connectivity index (χ1) is 9.61. The number of hydrogen-bond donors (Lipinski definition) is 1. The van der Waals surface area contributed by atoms with Gasteiger partial charge in [0.25, 0.3) is 0 Å². The van der Waals surface area contributed by atoms with Gasteiger partial charge < -0.3 is 9.84 Å². The van der Waals surface area contributed by atoms with E-state index in [9.17, 15) is 9.90 Å². The van der Waals surface area contributed by atoms with Crippen molar-refractivity contribution in [1.29, 1.82) is 0 Å². The molecule has 4 heteroatoms. The molecule has 2 bridgehead atoms. The number of piperidine rings is 1. The second-order valence-corrected chi connectivity index (χ2v) is 5.95. The van der Waals surface area contributed by atoms with Gasteiger partial charge in [-0.2, -0.15) is 0 Å². The van der Waals surface area contributed by atoms with Crippen LogP contribution in [-0.2, 0) is 9.53 Å². The van der Waals surface area contributed by atoms with E-state index in [1.54, 1.807) is 12.1 Å². The number of phenolic OH excluding ortho intramolecular Hbond substituents is 1. The highest BCUT2D eigenvalue weighted by Crippen LogP contribution is 2.46. The molecule has 1 N–H and O–H groups in total. The van der Waals surface area contributed by atoms with E-state index >= 15 is 0 Å². The van der Waals surface area contributed by atoms with Crippen LogP contribution in [0.4, 0.5) is 0 Å². The van der Waals surface area contributed by atoms with Crippen molar-refractivity contribution < 1.29 is 14.6 Å². The largest absolute Gasteiger partial charge is 0.508 e. The number of phenols is 1. The first kappa shape index (κ1) is 13.4. The fourth-order valence-electron chi connectivity index (χ4n) is 3.99. The van der Waals surface area contributed by atoms with Gasteiger partial charge in [0.05, 0.1) is 13.0 Å². The molecule has 20 heavy (non-hydrogen) atoms. The number of esters is 1. The first-order valence-electron chi connectivity index (χ1n) is 7.20. The lowest BCUT2D eigenvalue weighted by Gasteiger charge is -2.41. The number of ether oxygens (including phenoxy) is 1. The fourth-order valence-corrected chi connectivity index (χ4v) is 3.99. The van der Waals surface area contributed by atoms with Crippen molar-refractivity contribution in [1.82, 2.24) is 4.90 Å². The van der Waals surface area contributed by atoms with Crippen molar-refractivity contribution in [2.24, 2.45) is 5.92 Å². The first-order valence-corrected chi connectivity index (χ1v) is 7.20. The maximum Gasteiger partial charge on any atom is 0.310 e. The number of hydrogen-bond acceptors (Lipinski definition) is 4. The number of aromatic hydroxyl groups is 1. The van der Waals surface area contributed by atoms with Crippen LogP contribution in [0.5, 0.6) is 5.75 Å². The molecule has 2 saturated heterocycles. The van der Waals surface area contributed by atoms with Crippen molar-refractivity contribution in [3.63, 3.8) is 0 Å². The van der Waals surface area contributed by atoms with E-state index in [-0.39, 0.29) is 29.6 Å². The van der Waals surface area contributed by atoms with Crippen LogP contribution in [0.2, 0.25) is 0 Å². The third-order valence-corrected chi connectivity index (χ3v) is 5.06. The minimum atomic E-state index is -0.111. The topological polar surface area (TPSA) is 49.8 Å². The Kier molecular flexibility index (Phi) is 3.42. The molecule has 2 aliphatic rings. The summed E-state index contributed by atoms with van der Waals surface area (Å²) in [5.41, 5.74) is 1.13. The number of fused-ring (bicyclic) bond motifs is 2. The summed E-state index contributed by atoms with van der Waals surface area (Å²) in [6.07, 6.45) is 3.20. The normalized spacial score (nSPS) is 33.1. The fraction of sp³-hybridized carbons (Fsp3) is 0.562. The molecule has 0 aliphatic carbocycles. The highest BCUT2D eigenvalue weighted by molar-refractivity contribution is 5.75. The van der Waals surface area contributed by atoms with Crippen molar-refractivity contribution in [3.05, 3.63) is 29.8 Å². The average molecular weight is 275 g/mol. The molecule has 0 radical (unpaired) electrons. The number of benzene rings is 1. The van der Waals surface area contributed by atoms with E-state index in [4.69, 9.17) is 4.74 Å². The third-order valence-electron chi connectivity index (χ3n) is 5.06. The molecule has 1 aromatic rings. The van der Waals surface area contributed by atoms with Crippen LogP contribution >= 0.6 is 0 Å². The summed E-state index contributed by atoms with van der Waals surface area (Å²) < 4.78 is 5.05. The lowest BCUT2D eigenvalue weighted by molar-refractivity contribution is -0.150.